The van der Waals surface area contributed by atoms with Crippen LogP contribution in [0.15, 0.2) is 24.3 Å². The number of nitrogens with zero attached hydrogens (tertiary/aromatic N) is 2. The zero-order chi connectivity index (χ0) is 16.9. The number of hydrogen-bond donors (Lipinski definition) is 1. The molecule has 1 N–H and O–H groups in total. The Balaban J connectivity index is 1.59. The summed E-state index contributed by atoms with van der Waals surface area (Å²) in [6.07, 6.45) is 0.0807. The van der Waals surface area contributed by atoms with Gasteiger partial charge in [0.15, 0.2) is 0 Å². The number of carbonyl (C=O) groups excluding carboxylic acids is 1. The number of benzene rings is 1. The molecule has 0 unspecified atom stereocenters. The number of nitrogens with one attached hydrogen (secondary N) is 1. The molecule has 0 saturated carbocycles. The van der Waals surface area contributed by atoms with Crippen LogP contribution in [-0.4, -0.2) is 73.8 Å². The Hall–Kier alpha value is -0.890. The van der Waals surface area contributed by atoms with Crippen LogP contribution in [0.2, 0.25) is 0 Å². The quantitative estimate of drug-likeness (QED) is 0.886. The van der Waals surface area contributed by atoms with Crippen molar-refractivity contribution >= 4 is 35.2 Å². The molecule has 24 heavy (non-hydrogen) atoms. The number of morpholine rings is 1. The molecule has 2 aliphatic rings. The monoisotopic (exact) mass is 367 g/mol. The minimum absolute atomic E-state index is 0.0362. The smallest absolute Gasteiger partial charge is 0.322 e. The van der Waals surface area contributed by atoms with E-state index in [-0.39, 0.29) is 12.1 Å². The van der Waals surface area contributed by atoms with Gasteiger partial charge in [-0.05, 0) is 31.8 Å². The minimum atomic E-state index is -0.0362. The van der Waals surface area contributed by atoms with E-state index in [4.69, 9.17) is 4.74 Å². The van der Waals surface area contributed by atoms with Gasteiger partial charge in [-0.3, -0.25) is 0 Å². The second-order valence-electron chi connectivity index (χ2n) is 6.33. The Morgan fingerprint density at radius 3 is 2.92 bits per heavy atom. The summed E-state index contributed by atoms with van der Waals surface area (Å²) < 4.78 is 6.23. The van der Waals surface area contributed by atoms with Gasteiger partial charge in [0.05, 0.1) is 17.3 Å². The Morgan fingerprint density at radius 2 is 2.17 bits per heavy atom. The number of thioether (sulfide) groups is 2. The molecular weight excluding hydrogens is 342 g/mol. The fourth-order valence-electron chi connectivity index (χ4n) is 2.94. The first-order chi connectivity index (χ1) is 11.6. The van der Waals surface area contributed by atoms with E-state index >= 15 is 0 Å². The molecule has 0 spiro atoms. The second-order valence-corrected chi connectivity index (χ2v) is 9.05. The normalized spacial score (nSPS) is 22.1. The van der Waals surface area contributed by atoms with E-state index < -0.39 is 0 Å². The van der Waals surface area contributed by atoms with Gasteiger partial charge in [0.2, 0.25) is 0 Å². The summed E-state index contributed by atoms with van der Waals surface area (Å²) in [5.41, 5.74) is 2.16. The average molecular weight is 368 g/mol. The van der Waals surface area contributed by atoms with Crippen molar-refractivity contribution in [2.45, 2.75) is 10.7 Å². The molecule has 132 valence electrons. The molecule has 1 aromatic rings. The Bertz CT molecular complexity index is 565. The van der Waals surface area contributed by atoms with Crippen LogP contribution in [0, 0.1) is 0 Å². The number of urea groups is 1. The lowest BCUT2D eigenvalue weighted by atomic mass is 10.2. The maximum atomic E-state index is 12.6. The largest absolute Gasteiger partial charge is 0.373 e. The molecule has 2 saturated heterocycles. The summed E-state index contributed by atoms with van der Waals surface area (Å²) in [5.74, 6) is 2.40. The van der Waals surface area contributed by atoms with Crippen molar-refractivity contribution in [2.75, 3.05) is 57.2 Å². The van der Waals surface area contributed by atoms with Gasteiger partial charge in [0.25, 0.3) is 0 Å². The van der Waals surface area contributed by atoms with Gasteiger partial charge in [0.1, 0.15) is 0 Å². The standard InChI is InChI=1S/C17H25N3O2S2/c1-19(2)11-15-12-20(6-7-22-15)17(21)18-14-5-3-4-13(10-14)16-23-8-9-24-16/h3-5,10,15-16H,6-9,11-12H2,1-2H3,(H,18,21)/t15-/m1/s1. The van der Waals surface area contributed by atoms with E-state index in [2.05, 4.69) is 22.3 Å². The van der Waals surface area contributed by atoms with Crippen molar-refractivity contribution in [3.8, 4) is 0 Å². The van der Waals surface area contributed by atoms with E-state index in [0.717, 1.165) is 12.2 Å². The number of likely N-dealkylation sites (N-methyl/N-ethyl adjacent to an activating group) is 1. The van der Waals surface area contributed by atoms with Crippen LogP contribution in [0.25, 0.3) is 0 Å². The molecule has 0 aliphatic carbocycles. The van der Waals surface area contributed by atoms with E-state index in [9.17, 15) is 4.79 Å². The lowest BCUT2D eigenvalue weighted by Gasteiger charge is -2.34. The predicted molar refractivity (Wildman–Crippen MR) is 103 cm³/mol. The summed E-state index contributed by atoms with van der Waals surface area (Å²) in [6, 6.07) is 8.20. The topological polar surface area (TPSA) is 44.8 Å². The highest BCUT2D eigenvalue weighted by molar-refractivity contribution is 8.19. The van der Waals surface area contributed by atoms with Crippen molar-refractivity contribution in [1.82, 2.24) is 9.80 Å². The molecular formula is C17H25N3O2S2. The lowest BCUT2D eigenvalue weighted by Crippen LogP contribution is -2.50. The molecule has 3 rings (SSSR count). The molecule has 1 atom stereocenters. The van der Waals surface area contributed by atoms with Crippen molar-refractivity contribution in [2.24, 2.45) is 0 Å². The van der Waals surface area contributed by atoms with Crippen molar-refractivity contribution in [3.05, 3.63) is 29.8 Å². The third-order valence-electron chi connectivity index (χ3n) is 4.03. The van der Waals surface area contributed by atoms with Crippen LogP contribution < -0.4 is 5.32 Å². The van der Waals surface area contributed by atoms with Crippen LogP contribution in [-0.2, 0) is 4.74 Å². The van der Waals surface area contributed by atoms with E-state index in [1.807, 2.05) is 54.7 Å². The maximum Gasteiger partial charge on any atom is 0.322 e. The summed E-state index contributed by atoms with van der Waals surface area (Å²) in [4.78, 5) is 16.5. The third-order valence-corrected chi connectivity index (χ3v) is 7.13. The first-order valence-electron chi connectivity index (χ1n) is 8.27. The Morgan fingerprint density at radius 1 is 1.38 bits per heavy atom. The third kappa shape index (κ3) is 4.81. The molecule has 2 fully saturated rings. The molecule has 2 heterocycles. The average Bonchev–Trinajstić information content (AvgIpc) is 3.09. The van der Waals surface area contributed by atoms with Crippen LogP contribution in [0.1, 0.15) is 10.1 Å². The Labute approximate surface area is 152 Å². The molecule has 2 amide bonds. The number of carbonyl (C=O) groups is 1. The molecule has 0 radical (unpaired) electrons. The second kappa shape index (κ2) is 8.47. The SMILES string of the molecule is CN(C)C[C@@H]1CN(C(=O)Nc2cccc(C3SCCS3)c2)CCO1. The van der Waals surface area contributed by atoms with Gasteiger partial charge >= 0.3 is 6.03 Å². The van der Waals surface area contributed by atoms with Gasteiger partial charge in [-0.1, -0.05) is 12.1 Å². The van der Waals surface area contributed by atoms with Crippen LogP contribution in [0.5, 0.6) is 0 Å². The zero-order valence-electron chi connectivity index (χ0n) is 14.2. The van der Waals surface area contributed by atoms with Gasteiger partial charge in [-0.25, -0.2) is 4.79 Å². The van der Waals surface area contributed by atoms with Gasteiger partial charge < -0.3 is 19.9 Å². The first kappa shape index (κ1) is 17.9. The van der Waals surface area contributed by atoms with Crippen LogP contribution in [0.3, 0.4) is 0 Å². The van der Waals surface area contributed by atoms with Crippen LogP contribution >= 0.6 is 23.5 Å². The van der Waals surface area contributed by atoms with Crippen molar-refractivity contribution in [3.63, 3.8) is 0 Å². The molecule has 5 nitrogen and oxygen atoms in total. The van der Waals surface area contributed by atoms with Gasteiger partial charge in [-0.2, -0.15) is 0 Å². The van der Waals surface area contributed by atoms with E-state index in [0.29, 0.717) is 24.3 Å². The van der Waals surface area contributed by atoms with E-state index in [1.165, 1.54) is 17.1 Å². The first-order valence-corrected chi connectivity index (χ1v) is 10.4. The summed E-state index contributed by atoms with van der Waals surface area (Å²) in [5, 5.41) is 3.05. The van der Waals surface area contributed by atoms with Crippen molar-refractivity contribution in [1.29, 1.82) is 0 Å². The maximum absolute atomic E-state index is 12.6. The fraction of sp³-hybridized carbons (Fsp3) is 0.588. The van der Waals surface area contributed by atoms with Crippen LogP contribution in [0.4, 0.5) is 10.5 Å². The molecule has 1 aromatic carbocycles. The Kier molecular flexibility index (Phi) is 6.32. The van der Waals surface area contributed by atoms with Gasteiger partial charge in [-0.15, -0.1) is 23.5 Å². The fourth-order valence-corrected chi connectivity index (χ4v) is 5.78. The molecule has 7 heteroatoms. The number of hydrogen-bond acceptors (Lipinski definition) is 5. The molecule has 0 bridgehead atoms. The highest BCUT2D eigenvalue weighted by Gasteiger charge is 2.25. The summed E-state index contributed by atoms with van der Waals surface area (Å²) in [7, 11) is 4.04. The number of rotatable bonds is 4. The highest BCUT2D eigenvalue weighted by atomic mass is 32.2. The molecule has 2 aliphatic heterocycles. The number of ether oxygens (including phenoxy) is 1. The zero-order valence-corrected chi connectivity index (χ0v) is 15.9. The molecule has 0 aromatic heterocycles. The highest BCUT2D eigenvalue weighted by Crippen LogP contribution is 2.45. The van der Waals surface area contributed by atoms with E-state index in [1.54, 1.807) is 0 Å². The number of anilines is 1. The number of amides is 2. The predicted octanol–water partition coefficient (Wildman–Crippen LogP) is 2.96. The summed E-state index contributed by atoms with van der Waals surface area (Å²) in [6.45, 7) is 2.71. The summed E-state index contributed by atoms with van der Waals surface area (Å²) >= 11 is 3.95. The minimum Gasteiger partial charge on any atom is -0.373 e. The lowest BCUT2D eigenvalue weighted by molar-refractivity contribution is -0.0228. The van der Waals surface area contributed by atoms with Crippen molar-refractivity contribution < 1.29 is 9.53 Å². The van der Waals surface area contributed by atoms with Gasteiger partial charge in [0, 0.05) is 36.8 Å².